The van der Waals surface area contributed by atoms with Crippen LogP contribution in [0.3, 0.4) is 0 Å². The predicted octanol–water partition coefficient (Wildman–Crippen LogP) is 2.58. The van der Waals surface area contributed by atoms with Gasteiger partial charge in [0.15, 0.2) is 0 Å². The Morgan fingerprint density at radius 1 is 1.00 bits per heavy atom. The van der Waals surface area contributed by atoms with E-state index >= 15 is 0 Å². The Hall–Kier alpha value is -2.71. The van der Waals surface area contributed by atoms with Crippen molar-refractivity contribution in [2.24, 2.45) is 0 Å². The zero-order valence-corrected chi connectivity index (χ0v) is 16.0. The Morgan fingerprint density at radius 3 is 2.43 bits per heavy atom. The molecule has 0 unspecified atom stereocenters. The number of carbonyl (C=O) groups is 2. The van der Waals surface area contributed by atoms with Gasteiger partial charge in [-0.3, -0.25) is 4.79 Å². The molecule has 0 aliphatic carbocycles. The van der Waals surface area contributed by atoms with E-state index in [0.717, 1.165) is 24.1 Å². The number of hydrogen-bond donors (Lipinski definition) is 1. The van der Waals surface area contributed by atoms with Crippen molar-refractivity contribution in [2.45, 2.75) is 30.6 Å². The summed E-state index contributed by atoms with van der Waals surface area (Å²) in [5.74, 6) is -0.209. The molecule has 2 aromatic carbocycles. The van der Waals surface area contributed by atoms with Crippen LogP contribution >= 0.6 is 0 Å². The van der Waals surface area contributed by atoms with Crippen LogP contribution in [0.15, 0.2) is 47.4 Å². The highest BCUT2D eigenvalue weighted by Gasteiger charge is 2.27. The van der Waals surface area contributed by atoms with E-state index in [1.807, 2.05) is 0 Å². The summed E-state index contributed by atoms with van der Waals surface area (Å²) in [7, 11) is -3.51. The number of benzene rings is 2. The fraction of sp³-hybridized carbons (Fsp3) is 0.300. The lowest BCUT2D eigenvalue weighted by Gasteiger charge is -2.17. The number of fused-ring (bicyclic) bond motifs is 1. The lowest BCUT2D eigenvalue weighted by atomic mass is 10.0. The third-order valence-electron chi connectivity index (χ3n) is 4.98. The van der Waals surface area contributed by atoms with Crippen LogP contribution in [-0.2, 0) is 21.2 Å². The van der Waals surface area contributed by atoms with Gasteiger partial charge in [-0.2, -0.15) is 4.31 Å². The summed E-state index contributed by atoms with van der Waals surface area (Å²) in [6.45, 7) is 1.07. The van der Waals surface area contributed by atoms with Gasteiger partial charge in [0.05, 0.1) is 10.5 Å². The molecular weight excluding hydrogens is 380 g/mol. The van der Waals surface area contributed by atoms with Gasteiger partial charge in [-0.25, -0.2) is 13.2 Å². The topological polar surface area (TPSA) is 92.8 Å². The van der Waals surface area contributed by atoms with Gasteiger partial charge in [0, 0.05) is 25.2 Å². The van der Waals surface area contributed by atoms with Crippen LogP contribution < -0.4 is 10.1 Å². The Kier molecular flexibility index (Phi) is 4.91. The van der Waals surface area contributed by atoms with Crippen LogP contribution in [0.2, 0.25) is 0 Å². The molecule has 0 spiro atoms. The number of rotatable bonds is 4. The molecule has 4 rings (SSSR count). The van der Waals surface area contributed by atoms with Crippen molar-refractivity contribution < 1.29 is 22.7 Å². The van der Waals surface area contributed by atoms with Crippen LogP contribution in [0.5, 0.6) is 5.75 Å². The highest BCUT2D eigenvalue weighted by Crippen LogP contribution is 2.27. The molecule has 0 bridgehead atoms. The second-order valence-corrected chi connectivity index (χ2v) is 8.83. The number of esters is 1. The molecule has 0 atom stereocenters. The van der Waals surface area contributed by atoms with Crippen molar-refractivity contribution in [1.29, 1.82) is 0 Å². The minimum absolute atomic E-state index is 0.0267. The fourth-order valence-corrected chi connectivity index (χ4v) is 4.95. The largest absolute Gasteiger partial charge is 0.423 e. The standard InChI is InChI=1S/C20H20N2O5S/c23-19-10-5-15-13-16(6-9-18(15)21-19)27-20(24)14-3-7-17(8-4-14)28(25,26)22-11-1-2-12-22/h3-4,6-9,13H,1-2,5,10-12H2,(H,21,23). The zero-order valence-electron chi connectivity index (χ0n) is 15.2. The molecule has 0 saturated carbocycles. The van der Waals surface area contributed by atoms with Crippen molar-refractivity contribution >= 4 is 27.6 Å². The molecule has 0 aromatic heterocycles. The summed E-state index contributed by atoms with van der Waals surface area (Å²) >= 11 is 0. The van der Waals surface area contributed by atoms with Crippen molar-refractivity contribution in [3.63, 3.8) is 0 Å². The number of sulfonamides is 1. The maximum atomic E-state index is 12.5. The predicted molar refractivity (Wildman–Crippen MR) is 103 cm³/mol. The number of carbonyl (C=O) groups excluding carboxylic acids is 2. The van der Waals surface area contributed by atoms with E-state index in [0.29, 0.717) is 31.7 Å². The van der Waals surface area contributed by atoms with Gasteiger partial charge >= 0.3 is 5.97 Å². The summed E-state index contributed by atoms with van der Waals surface area (Å²) in [6.07, 6.45) is 2.73. The minimum atomic E-state index is -3.51. The van der Waals surface area contributed by atoms with Crippen LogP contribution in [0, 0.1) is 0 Å². The van der Waals surface area contributed by atoms with Crippen molar-refractivity contribution in [2.75, 3.05) is 18.4 Å². The summed E-state index contributed by atoms with van der Waals surface area (Å²) < 4.78 is 32.0. The molecule has 1 fully saturated rings. The van der Waals surface area contributed by atoms with E-state index < -0.39 is 16.0 Å². The Labute approximate surface area is 163 Å². The quantitative estimate of drug-likeness (QED) is 0.629. The summed E-state index contributed by atoms with van der Waals surface area (Å²) in [4.78, 5) is 24.0. The molecule has 8 heteroatoms. The molecule has 2 aromatic rings. The lowest BCUT2D eigenvalue weighted by Crippen LogP contribution is -2.27. The smallest absolute Gasteiger partial charge is 0.343 e. The van der Waals surface area contributed by atoms with Gasteiger partial charge in [0.1, 0.15) is 5.75 Å². The van der Waals surface area contributed by atoms with Crippen LogP contribution in [0.1, 0.15) is 35.2 Å². The minimum Gasteiger partial charge on any atom is -0.423 e. The average Bonchev–Trinajstić information content (AvgIpc) is 3.24. The molecule has 7 nitrogen and oxygen atoms in total. The van der Waals surface area contributed by atoms with Gasteiger partial charge in [0.2, 0.25) is 15.9 Å². The van der Waals surface area contributed by atoms with Crippen molar-refractivity contribution in [1.82, 2.24) is 4.31 Å². The first kappa shape index (κ1) is 18.6. The van der Waals surface area contributed by atoms with Crippen molar-refractivity contribution in [3.8, 4) is 5.75 Å². The first-order valence-corrected chi connectivity index (χ1v) is 10.6. The van der Waals surface area contributed by atoms with Gasteiger partial charge < -0.3 is 10.1 Å². The summed E-state index contributed by atoms with van der Waals surface area (Å²) in [5, 5.41) is 2.78. The Balaban J connectivity index is 1.47. The summed E-state index contributed by atoms with van der Waals surface area (Å²) in [6, 6.07) is 10.9. The number of aryl methyl sites for hydroxylation is 1. The molecule has 2 aliphatic rings. The molecule has 2 aliphatic heterocycles. The second-order valence-electron chi connectivity index (χ2n) is 6.89. The van der Waals surface area contributed by atoms with E-state index in [9.17, 15) is 18.0 Å². The van der Waals surface area contributed by atoms with E-state index in [4.69, 9.17) is 4.74 Å². The molecule has 1 saturated heterocycles. The monoisotopic (exact) mass is 400 g/mol. The van der Waals surface area contributed by atoms with Gasteiger partial charge in [-0.15, -0.1) is 0 Å². The first-order valence-electron chi connectivity index (χ1n) is 9.19. The fourth-order valence-electron chi connectivity index (χ4n) is 3.43. The highest BCUT2D eigenvalue weighted by atomic mass is 32.2. The van der Waals surface area contributed by atoms with E-state index in [1.165, 1.54) is 28.6 Å². The molecule has 28 heavy (non-hydrogen) atoms. The highest BCUT2D eigenvalue weighted by molar-refractivity contribution is 7.89. The number of hydrogen-bond acceptors (Lipinski definition) is 5. The molecule has 1 amide bonds. The van der Waals surface area contributed by atoms with Crippen LogP contribution in [0.4, 0.5) is 5.69 Å². The average molecular weight is 400 g/mol. The van der Waals surface area contributed by atoms with E-state index in [1.54, 1.807) is 18.2 Å². The van der Waals surface area contributed by atoms with Crippen molar-refractivity contribution in [3.05, 3.63) is 53.6 Å². The maximum Gasteiger partial charge on any atom is 0.343 e. The van der Waals surface area contributed by atoms with Gasteiger partial charge in [0.25, 0.3) is 0 Å². The molecule has 2 heterocycles. The Morgan fingerprint density at radius 2 is 1.71 bits per heavy atom. The van der Waals surface area contributed by atoms with Gasteiger partial charge in [-0.1, -0.05) is 0 Å². The SMILES string of the molecule is O=C1CCc2cc(OC(=O)c3ccc(S(=O)(=O)N4CCCC4)cc3)ccc2N1. The molecule has 146 valence electrons. The van der Waals surface area contributed by atoms with Crippen LogP contribution in [-0.4, -0.2) is 37.7 Å². The molecule has 1 N–H and O–H groups in total. The van der Waals surface area contributed by atoms with E-state index in [-0.39, 0.29) is 16.4 Å². The third-order valence-corrected chi connectivity index (χ3v) is 6.89. The zero-order chi connectivity index (χ0) is 19.7. The number of amides is 1. The number of nitrogens with one attached hydrogen (secondary N) is 1. The number of ether oxygens (including phenoxy) is 1. The molecule has 0 radical (unpaired) electrons. The number of nitrogens with zero attached hydrogens (tertiary/aromatic N) is 1. The number of anilines is 1. The third kappa shape index (κ3) is 3.65. The normalized spacial score (nSPS) is 17.1. The first-order chi connectivity index (χ1) is 13.4. The maximum absolute atomic E-state index is 12.5. The lowest BCUT2D eigenvalue weighted by molar-refractivity contribution is -0.116. The van der Waals surface area contributed by atoms with Gasteiger partial charge in [-0.05, 0) is 67.3 Å². The summed E-state index contributed by atoms with van der Waals surface area (Å²) in [5.41, 5.74) is 1.91. The Bertz CT molecular complexity index is 1030. The van der Waals surface area contributed by atoms with E-state index in [2.05, 4.69) is 5.32 Å². The second kappa shape index (κ2) is 7.37. The molecular formula is C20H20N2O5S. The van der Waals surface area contributed by atoms with Crippen LogP contribution in [0.25, 0.3) is 0 Å².